The van der Waals surface area contributed by atoms with Gasteiger partial charge in [-0.15, -0.1) is 0 Å². The van der Waals surface area contributed by atoms with Gasteiger partial charge in [-0.2, -0.15) is 0 Å². The van der Waals surface area contributed by atoms with Crippen molar-refractivity contribution in [2.24, 2.45) is 0 Å². The van der Waals surface area contributed by atoms with Crippen LogP contribution in [0.1, 0.15) is 5.56 Å². The topological polar surface area (TPSA) is 74.6 Å². The average molecular weight is 376 g/mol. The molecule has 0 aliphatic heterocycles. The molecule has 0 spiro atoms. The highest BCUT2D eigenvalue weighted by atomic mass is 79.9. The van der Waals surface area contributed by atoms with E-state index in [1.165, 1.54) is 12.2 Å². The van der Waals surface area contributed by atoms with Gasteiger partial charge in [0, 0.05) is 15.0 Å². The Balaban J connectivity index is 3.16. The summed E-state index contributed by atoms with van der Waals surface area (Å²) in [6, 6.07) is 4.97. The number of carbonyl (C=O) groups is 2. The molecule has 0 amide bonds. The highest BCUT2D eigenvalue weighted by Gasteiger charge is 2.10. The van der Waals surface area contributed by atoms with Crippen LogP contribution >= 0.6 is 31.9 Å². The van der Waals surface area contributed by atoms with E-state index in [4.69, 9.17) is 10.2 Å². The molecule has 0 unspecified atom stereocenters. The molecule has 1 rings (SSSR count). The summed E-state index contributed by atoms with van der Waals surface area (Å²) in [5, 5.41) is 17.5. The molecule has 0 saturated carbocycles. The maximum Gasteiger partial charge on any atom is 0.336 e. The molecule has 0 aromatic heterocycles. The quantitative estimate of drug-likeness (QED) is 0.625. The maximum atomic E-state index is 11.1. The largest absolute Gasteiger partial charge is 0.478 e. The Morgan fingerprint density at radius 2 is 1.78 bits per heavy atom. The zero-order valence-electron chi connectivity index (χ0n) is 8.93. The summed E-state index contributed by atoms with van der Waals surface area (Å²) < 4.78 is 1.52. The van der Waals surface area contributed by atoms with Crippen molar-refractivity contribution in [3.63, 3.8) is 0 Å². The molecule has 0 fully saturated rings. The minimum absolute atomic E-state index is 0.0145. The molecule has 94 valence electrons. The van der Waals surface area contributed by atoms with Crippen molar-refractivity contribution in [3.8, 4) is 0 Å². The van der Waals surface area contributed by atoms with Gasteiger partial charge in [-0.05, 0) is 55.6 Å². The number of carboxylic acids is 2. The van der Waals surface area contributed by atoms with E-state index in [9.17, 15) is 9.59 Å². The Bertz CT molecular complexity index is 547. The van der Waals surface area contributed by atoms with Crippen molar-refractivity contribution in [1.82, 2.24) is 0 Å². The zero-order valence-corrected chi connectivity index (χ0v) is 12.1. The zero-order chi connectivity index (χ0) is 13.7. The molecule has 0 heterocycles. The minimum Gasteiger partial charge on any atom is -0.478 e. The monoisotopic (exact) mass is 374 g/mol. The Morgan fingerprint density at radius 1 is 1.11 bits per heavy atom. The molecule has 0 radical (unpaired) electrons. The van der Waals surface area contributed by atoms with Crippen molar-refractivity contribution in [3.05, 3.63) is 50.9 Å². The second-order valence-electron chi connectivity index (χ2n) is 3.21. The number of halogens is 2. The first-order valence-electron chi connectivity index (χ1n) is 4.72. The van der Waals surface area contributed by atoms with Crippen molar-refractivity contribution in [2.75, 3.05) is 0 Å². The van der Waals surface area contributed by atoms with Crippen LogP contribution in [0.3, 0.4) is 0 Å². The van der Waals surface area contributed by atoms with Gasteiger partial charge in [-0.25, -0.2) is 9.59 Å². The molecule has 0 saturated heterocycles. The van der Waals surface area contributed by atoms with Crippen LogP contribution in [0.25, 0.3) is 5.57 Å². The highest BCUT2D eigenvalue weighted by Crippen LogP contribution is 2.27. The normalized spacial score (nSPS) is 11.8. The smallest absolute Gasteiger partial charge is 0.336 e. The number of allylic oxidation sites excluding steroid dienone is 2. The van der Waals surface area contributed by atoms with Crippen LogP contribution < -0.4 is 0 Å². The summed E-state index contributed by atoms with van der Waals surface area (Å²) in [6.07, 6.45) is 3.30. The maximum absolute atomic E-state index is 11.1. The van der Waals surface area contributed by atoms with Crippen molar-refractivity contribution in [2.45, 2.75) is 0 Å². The number of benzene rings is 1. The van der Waals surface area contributed by atoms with Crippen LogP contribution in [0.4, 0.5) is 0 Å². The molecule has 1 aromatic carbocycles. The van der Waals surface area contributed by atoms with Crippen molar-refractivity contribution < 1.29 is 19.8 Å². The molecule has 0 bridgehead atoms. The lowest BCUT2D eigenvalue weighted by Crippen LogP contribution is -1.99. The highest BCUT2D eigenvalue weighted by molar-refractivity contribution is 9.13. The molecule has 1 aromatic rings. The fourth-order valence-corrected chi connectivity index (χ4v) is 1.81. The van der Waals surface area contributed by atoms with E-state index >= 15 is 0 Å². The van der Waals surface area contributed by atoms with Gasteiger partial charge in [-0.1, -0.05) is 12.1 Å². The van der Waals surface area contributed by atoms with Gasteiger partial charge in [0.15, 0.2) is 0 Å². The molecule has 2 N–H and O–H groups in total. The number of hydrogen-bond donors (Lipinski definition) is 2. The summed E-state index contributed by atoms with van der Waals surface area (Å²) >= 11 is 6.56. The van der Waals surface area contributed by atoms with Crippen LogP contribution in [0, 0.1) is 0 Å². The third-order valence-corrected chi connectivity index (χ3v) is 3.84. The minimum atomic E-state index is -1.13. The van der Waals surface area contributed by atoms with E-state index in [2.05, 4.69) is 31.9 Å². The van der Waals surface area contributed by atoms with Gasteiger partial charge in [0.1, 0.15) is 0 Å². The first-order chi connectivity index (χ1) is 8.41. The summed E-state index contributed by atoms with van der Waals surface area (Å²) in [5.41, 5.74) is 0.494. The van der Waals surface area contributed by atoms with E-state index in [1.54, 1.807) is 18.2 Å². The first kappa shape index (κ1) is 14.7. The number of aliphatic carboxylic acids is 2. The number of carboxylic acid groups (broad SMARTS) is 2. The van der Waals surface area contributed by atoms with Gasteiger partial charge < -0.3 is 10.2 Å². The van der Waals surface area contributed by atoms with Crippen LogP contribution in [0.5, 0.6) is 0 Å². The van der Waals surface area contributed by atoms with E-state index < -0.39 is 11.9 Å². The van der Waals surface area contributed by atoms with Gasteiger partial charge in [-0.3, -0.25) is 0 Å². The molecule has 6 heteroatoms. The SMILES string of the molecule is O=C(O)C=CC=C(C(=O)O)c1ccc(Br)c(Br)c1. The second-order valence-corrected chi connectivity index (χ2v) is 4.92. The summed E-state index contributed by atoms with van der Waals surface area (Å²) in [7, 11) is 0. The number of hydrogen-bond acceptors (Lipinski definition) is 2. The predicted molar refractivity (Wildman–Crippen MR) is 74.2 cm³/mol. The third-order valence-electron chi connectivity index (χ3n) is 1.96. The lowest BCUT2D eigenvalue weighted by atomic mass is 10.1. The van der Waals surface area contributed by atoms with Crippen molar-refractivity contribution >= 4 is 49.4 Å². The molecule has 4 nitrogen and oxygen atoms in total. The Morgan fingerprint density at radius 3 is 2.28 bits per heavy atom. The molecule has 0 aliphatic rings. The predicted octanol–water partition coefficient (Wildman–Crippen LogP) is 3.32. The van der Waals surface area contributed by atoms with Crippen LogP contribution in [-0.4, -0.2) is 22.2 Å². The first-order valence-corrected chi connectivity index (χ1v) is 6.30. The van der Waals surface area contributed by atoms with Crippen molar-refractivity contribution in [1.29, 1.82) is 0 Å². The van der Waals surface area contributed by atoms with Gasteiger partial charge in [0.05, 0.1) is 5.57 Å². The molecular formula is C12H8Br2O4. The van der Waals surface area contributed by atoms with Gasteiger partial charge in [0.25, 0.3) is 0 Å². The Labute approximate surface area is 120 Å². The molecular weight excluding hydrogens is 368 g/mol. The lowest BCUT2D eigenvalue weighted by Gasteiger charge is -2.03. The molecule has 18 heavy (non-hydrogen) atoms. The van der Waals surface area contributed by atoms with Crippen LogP contribution in [0.2, 0.25) is 0 Å². The van der Waals surface area contributed by atoms with Crippen LogP contribution in [-0.2, 0) is 9.59 Å². The summed E-state index contributed by atoms with van der Waals surface area (Å²) in [4.78, 5) is 21.4. The number of rotatable bonds is 4. The van der Waals surface area contributed by atoms with E-state index in [1.807, 2.05) is 0 Å². The Kier molecular flexibility index (Phi) is 5.30. The Hall–Kier alpha value is -1.40. The summed E-state index contributed by atoms with van der Waals surface area (Å²) in [6.45, 7) is 0. The third kappa shape index (κ3) is 4.12. The fraction of sp³-hybridized carbons (Fsp3) is 0. The van der Waals surface area contributed by atoms with E-state index in [0.717, 1.165) is 15.0 Å². The fourth-order valence-electron chi connectivity index (χ4n) is 1.18. The van der Waals surface area contributed by atoms with E-state index in [0.29, 0.717) is 5.56 Å². The summed E-state index contributed by atoms with van der Waals surface area (Å²) in [5.74, 6) is -2.26. The lowest BCUT2D eigenvalue weighted by molar-refractivity contribution is -0.132. The molecule has 0 aliphatic carbocycles. The average Bonchev–Trinajstić information content (AvgIpc) is 2.27. The van der Waals surface area contributed by atoms with Crippen LogP contribution in [0.15, 0.2) is 45.4 Å². The second kappa shape index (κ2) is 6.51. The van der Waals surface area contributed by atoms with E-state index in [-0.39, 0.29) is 5.57 Å². The van der Waals surface area contributed by atoms with Gasteiger partial charge >= 0.3 is 11.9 Å². The standard InChI is InChI=1S/C12H8Br2O4/c13-9-5-4-7(6-10(9)14)8(12(17)18)2-1-3-11(15)16/h1-6H,(H,15,16)(H,17,18). The van der Waals surface area contributed by atoms with Gasteiger partial charge in [0.2, 0.25) is 0 Å². The molecule has 0 atom stereocenters.